The van der Waals surface area contributed by atoms with Gasteiger partial charge in [0.2, 0.25) is 5.91 Å². The minimum absolute atomic E-state index is 0.0934. The first-order valence-electron chi connectivity index (χ1n) is 13.1. The number of aromatic nitrogens is 1. The van der Waals surface area contributed by atoms with Gasteiger partial charge in [0.05, 0.1) is 11.0 Å². The van der Waals surface area contributed by atoms with E-state index in [9.17, 15) is 9.59 Å². The van der Waals surface area contributed by atoms with Crippen molar-refractivity contribution in [2.45, 2.75) is 51.0 Å². The molecule has 1 saturated heterocycles. The molecule has 2 aliphatic rings. The second-order valence-corrected chi connectivity index (χ2v) is 13.2. The van der Waals surface area contributed by atoms with Crippen molar-refractivity contribution in [3.05, 3.63) is 79.6 Å². The lowest BCUT2D eigenvalue weighted by molar-refractivity contribution is -0.122. The van der Waals surface area contributed by atoms with E-state index in [1.165, 1.54) is 47.3 Å². The van der Waals surface area contributed by atoms with E-state index in [1.807, 2.05) is 36.4 Å². The first-order valence-corrected chi connectivity index (χ1v) is 15.8. The normalized spacial score (nSPS) is 17.1. The summed E-state index contributed by atoms with van der Waals surface area (Å²) in [5.41, 5.74) is 1.74. The average Bonchev–Trinajstić information content (AvgIpc) is 3.49. The molecule has 1 aromatic heterocycles. The number of thiazole rings is 1. The molecule has 3 aromatic rings. The van der Waals surface area contributed by atoms with Crippen molar-refractivity contribution in [3.8, 4) is 5.75 Å². The van der Waals surface area contributed by atoms with Crippen molar-refractivity contribution in [3.63, 3.8) is 0 Å². The summed E-state index contributed by atoms with van der Waals surface area (Å²) in [6.45, 7) is 0.185. The van der Waals surface area contributed by atoms with E-state index in [0.29, 0.717) is 30.8 Å². The van der Waals surface area contributed by atoms with Gasteiger partial charge in [-0.1, -0.05) is 71.8 Å². The summed E-state index contributed by atoms with van der Waals surface area (Å²) >= 11 is 20.4. The third-order valence-corrected chi connectivity index (χ3v) is 9.55. The second kappa shape index (κ2) is 13.5. The van der Waals surface area contributed by atoms with E-state index in [4.69, 9.17) is 40.2 Å². The highest BCUT2D eigenvalue weighted by Gasteiger charge is 2.32. The van der Waals surface area contributed by atoms with Crippen LogP contribution in [0.5, 0.6) is 5.75 Å². The van der Waals surface area contributed by atoms with Crippen LogP contribution in [0.1, 0.15) is 54.5 Å². The maximum atomic E-state index is 13.2. The van der Waals surface area contributed by atoms with Gasteiger partial charge in [-0.2, -0.15) is 0 Å². The van der Waals surface area contributed by atoms with Crippen LogP contribution in [-0.2, 0) is 16.0 Å². The summed E-state index contributed by atoms with van der Waals surface area (Å²) in [6.07, 6.45) is 10.1. The van der Waals surface area contributed by atoms with Gasteiger partial charge < -0.3 is 10.1 Å². The van der Waals surface area contributed by atoms with Gasteiger partial charge in [-0.25, -0.2) is 4.98 Å². The van der Waals surface area contributed by atoms with E-state index in [2.05, 4.69) is 10.3 Å². The molecule has 11 heteroatoms. The second-order valence-electron chi connectivity index (χ2n) is 9.59. The zero-order chi connectivity index (χ0) is 28.1. The lowest BCUT2D eigenvalue weighted by Gasteiger charge is -2.23. The number of nitrogens with one attached hydrogen (secondary N) is 1. The molecular weight excluding hydrogens is 605 g/mol. The monoisotopic (exact) mass is 631 g/mol. The minimum Gasteiger partial charge on any atom is -0.490 e. The fourth-order valence-corrected chi connectivity index (χ4v) is 7.14. The van der Waals surface area contributed by atoms with Crippen LogP contribution in [0.4, 0.5) is 5.13 Å². The van der Waals surface area contributed by atoms with Crippen molar-refractivity contribution in [2.24, 2.45) is 0 Å². The highest BCUT2D eigenvalue weighted by Crippen LogP contribution is 2.35. The summed E-state index contributed by atoms with van der Waals surface area (Å²) in [7, 11) is 0. The van der Waals surface area contributed by atoms with Crippen molar-refractivity contribution in [1.82, 2.24) is 9.88 Å². The fourth-order valence-electron chi connectivity index (χ4n) is 4.61. The van der Waals surface area contributed by atoms with Crippen molar-refractivity contribution in [2.75, 3.05) is 11.9 Å². The Kier molecular flexibility index (Phi) is 9.80. The smallest absolute Gasteiger partial charge is 0.266 e. The number of nitrogens with zero attached hydrogens (tertiary/aromatic N) is 2. The van der Waals surface area contributed by atoms with E-state index in [1.54, 1.807) is 18.3 Å². The van der Waals surface area contributed by atoms with Crippen LogP contribution in [0, 0.1) is 0 Å². The van der Waals surface area contributed by atoms with Gasteiger partial charge in [0.1, 0.15) is 10.1 Å². The maximum Gasteiger partial charge on any atom is 0.266 e. The molecule has 40 heavy (non-hydrogen) atoms. The van der Waals surface area contributed by atoms with Crippen molar-refractivity contribution >= 4 is 85.9 Å². The molecule has 0 atom stereocenters. The van der Waals surface area contributed by atoms with Crippen LogP contribution in [0.25, 0.3) is 6.08 Å². The summed E-state index contributed by atoms with van der Waals surface area (Å²) in [6, 6.07) is 13.1. The lowest BCUT2D eigenvalue weighted by Crippen LogP contribution is -2.31. The van der Waals surface area contributed by atoms with Crippen LogP contribution >= 0.6 is 58.5 Å². The molecule has 6 nitrogen and oxygen atoms in total. The first-order chi connectivity index (χ1) is 19.4. The van der Waals surface area contributed by atoms with E-state index < -0.39 is 0 Å². The Morgan fingerprint density at radius 2 is 1.98 bits per heavy atom. The molecule has 0 unspecified atom stereocenters. The third-order valence-electron chi connectivity index (χ3n) is 6.66. The van der Waals surface area contributed by atoms with Gasteiger partial charge in [0, 0.05) is 46.1 Å². The highest BCUT2D eigenvalue weighted by molar-refractivity contribution is 8.26. The van der Waals surface area contributed by atoms with E-state index in [-0.39, 0.29) is 30.9 Å². The van der Waals surface area contributed by atoms with Crippen LogP contribution in [0.2, 0.25) is 10.0 Å². The highest BCUT2D eigenvalue weighted by atomic mass is 35.5. The Labute approximate surface area is 257 Å². The van der Waals surface area contributed by atoms with Crippen molar-refractivity contribution < 1.29 is 14.3 Å². The Balaban J connectivity index is 1.16. The Morgan fingerprint density at radius 3 is 2.80 bits per heavy atom. The number of carbonyl (C=O) groups excluding carboxylic acids is 2. The zero-order valence-corrected chi connectivity index (χ0v) is 25.5. The summed E-state index contributed by atoms with van der Waals surface area (Å²) in [4.78, 5) is 33.1. The average molecular weight is 633 g/mol. The van der Waals surface area contributed by atoms with Gasteiger partial charge in [-0.15, -0.1) is 11.3 Å². The number of anilines is 1. The number of thiocarbonyl (C=S) groups is 1. The number of benzene rings is 2. The van der Waals surface area contributed by atoms with Crippen LogP contribution in [0.3, 0.4) is 0 Å². The van der Waals surface area contributed by atoms with E-state index >= 15 is 0 Å². The Morgan fingerprint density at radius 1 is 1.18 bits per heavy atom. The molecule has 1 saturated carbocycles. The number of para-hydroxylation sites is 1. The van der Waals surface area contributed by atoms with Gasteiger partial charge in [-0.05, 0) is 61.6 Å². The quantitative estimate of drug-likeness (QED) is 0.191. The molecule has 0 bridgehead atoms. The van der Waals surface area contributed by atoms with E-state index in [0.717, 1.165) is 34.6 Å². The maximum absolute atomic E-state index is 13.2. The Bertz CT molecular complexity index is 1450. The predicted octanol–water partition coefficient (Wildman–Crippen LogP) is 7.98. The molecule has 1 aliphatic carbocycles. The summed E-state index contributed by atoms with van der Waals surface area (Å²) in [5.74, 6) is 0.329. The van der Waals surface area contributed by atoms with Gasteiger partial charge >= 0.3 is 0 Å². The molecule has 1 N–H and O–H groups in total. The molecule has 0 radical (unpaired) electrons. The number of amides is 2. The van der Waals surface area contributed by atoms with Crippen LogP contribution < -0.4 is 10.1 Å². The molecule has 0 spiro atoms. The number of ether oxygens (including phenoxy) is 1. The summed E-state index contributed by atoms with van der Waals surface area (Å²) < 4.78 is 6.72. The molecule has 2 heterocycles. The van der Waals surface area contributed by atoms with Crippen molar-refractivity contribution in [1.29, 1.82) is 0 Å². The SMILES string of the molecule is O=C(CCN1C(=O)/C(=C/c2ccccc2OC2CCCCC2)SC1=S)Nc1ncc(Cc2cc(Cl)ccc2Cl)s1. The topological polar surface area (TPSA) is 71.5 Å². The standard InChI is InChI=1S/C29H27Cl2N3O3S3/c30-20-10-11-23(31)19(14-20)15-22-17-32-28(39-22)33-26(35)12-13-34-27(36)25(40-29(34)38)16-18-6-4-5-9-24(18)37-21-7-2-1-3-8-21/h4-6,9-11,14,16-17,21H,1-3,7-8,12-13,15H2,(H,32,33,35)/b25-16-. The molecule has 5 rings (SSSR count). The molecule has 2 amide bonds. The third kappa shape index (κ3) is 7.44. The number of carbonyl (C=O) groups is 2. The van der Waals surface area contributed by atoms with Gasteiger partial charge in [-0.3, -0.25) is 14.5 Å². The lowest BCUT2D eigenvalue weighted by atomic mass is 9.97. The van der Waals surface area contributed by atoms with Gasteiger partial charge in [0.15, 0.2) is 5.13 Å². The number of thioether (sulfide) groups is 1. The number of rotatable bonds is 9. The predicted molar refractivity (Wildman–Crippen MR) is 168 cm³/mol. The molecule has 1 aliphatic heterocycles. The minimum atomic E-state index is -0.244. The fraction of sp³-hybridized carbons (Fsp3) is 0.310. The van der Waals surface area contributed by atoms with Crippen LogP contribution in [0.15, 0.2) is 53.6 Å². The zero-order valence-electron chi connectivity index (χ0n) is 21.5. The molecule has 208 valence electrons. The number of hydrogen-bond donors (Lipinski definition) is 1. The molecule has 2 aromatic carbocycles. The molecule has 2 fully saturated rings. The largest absolute Gasteiger partial charge is 0.490 e. The number of hydrogen-bond acceptors (Lipinski definition) is 7. The summed E-state index contributed by atoms with van der Waals surface area (Å²) in [5, 5.41) is 4.54. The molecular formula is C29H27Cl2N3O3S3. The number of halogens is 2. The Hall–Kier alpha value is -2.43. The van der Waals surface area contributed by atoms with Gasteiger partial charge in [0.25, 0.3) is 5.91 Å². The van der Waals surface area contributed by atoms with Crippen LogP contribution in [-0.4, -0.2) is 38.7 Å². The first kappa shape index (κ1) is 29.1.